The summed E-state index contributed by atoms with van der Waals surface area (Å²) in [5.74, 6) is 1.25. The number of fused-ring (bicyclic) bond motifs is 1. The van der Waals surface area contributed by atoms with Crippen molar-refractivity contribution in [2.45, 2.75) is 42.2 Å². The van der Waals surface area contributed by atoms with E-state index >= 15 is 0 Å². The summed E-state index contributed by atoms with van der Waals surface area (Å²) in [6.07, 6.45) is -3.61. The monoisotopic (exact) mass is 448 g/mol. The normalized spacial score (nSPS) is 13.5. The topological polar surface area (TPSA) is 34.9 Å². The van der Waals surface area contributed by atoms with Crippen molar-refractivity contribution < 1.29 is 13.2 Å². The van der Waals surface area contributed by atoms with Crippen LogP contribution < -0.4 is 5.56 Å². The lowest BCUT2D eigenvalue weighted by Gasteiger charge is -2.15. The molecule has 3 aromatic rings. The molecule has 0 aliphatic carbocycles. The summed E-state index contributed by atoms with van der Waals surface area (Å²) in [5, 5.41) is 0.561. The first-order chi connectivity index (χ1) is 14.2. The number of rotatable bonds is 4. The molecule has 0 spiro atoms. The van der Waals surface area contributed by atoms with Gasteiger partial charge in [0.15, 0.2) is 5.16 Å². The molecule has 4 rings (SSSR count). The van der Waals surface area contributed by atoms with Crippen molar-refractivity contribution in [2.75, 3.05) is 5.75 Å². The van der Waals surface area contributed by atoms with Crippen molar-refractivity contribution >= 4 is 23.5 Å². The minimum atomic E-state index is -4.35. The SMILES string of the molecule is Cc1cc(C)cc(-n2c(SCc3ccc(C(F)(F)F)cc3)nc3c(c2=O)SCC3)c1. The van der Waals surface area contributed by atoms with E-state index in [1.807, 2.05) is 32.0 Å². The fourth-order valence-electron chi connectivity index (χ4n) is 3.43. The molecule has 156 valence electrons. The van der Waals surface area contributed by atoms with Crippen LogP contribution in [0.15, 0.2) is 57.3 Å². The number of aromatic nitrogens is 2. The Morgan fingerprint density at radius 1 is 1.10 bits per heavy atom. The Labute approximate surface area is 180 Å². The third-order valence-electron chi connectivity index (χ3n) is 4.78. The van der Waals surface area contributed by atoms with E-state index in [0.29, 0.717) is 15.8 Å². The van der Waals surface area contributed by atoms with E-state index in [1.165, 1.54) is 35.7 Å². The Balaban J connectivity index is 1.71. The van der Waals surface area contributed by atoms with Crippen molar-refractivity contribution in [3.8, 4) is 5.69 Å². The molecule has 3 nitrogen and oxygen atoms in total. The number of benzene rings is 2. The van der Waals surface area contributed by atoms with Gasteiger partial charge in [0.05, 0.1) is 21.8 Å². The van der Waals surface area contributed by atoms with Crippen LogP contribution in [0.1, 0.15) is 27.9 Å². The highest BCUT2D eigenvalue weighted by molar-refractivity contribution is 7.99. The fourth-order valence-corrected chi connectivity index (χ4v) is 5.44. The zero-order valence-corrected chi connectivity index (χ0v) is 18.0. The Bertz CT molecular complexity index is 1130. The zero-order chi connectivity index (χ0) is 21.5. The highest BCUT2D eigenvalue weighted by Gasteiger charge is 2.30. The van der Waals surface area contributed by atoms with Crippen molar-refractivity contribution in [3.05, 3.63) is 80.8 Å². The number of hydrogen-bond donors (Lipinski definition) is 0. The predicted molar refractivity (Wildman–Crippen MR) is 115 cm³/mol. The molecule has 0 atom stereocenters. The van der Waals surface area contributed by atoms with Gasteiger partial charge >= 0.3 is 6.18 Å². The second-order valence-electron chi connectivity index (χ2n) is 7.24. The van der Waals surface area contributed by atoms with Crippen LogP contribution in [0.5, 0.6) is 0 Å². The molecule has 0 bridgehead atoms. The minimum Gasteiger partial charge on any atom is -0.268 e. The lowest BCUT2D eigenvalue weighted by molar-refractivity contribution is -0.137. The average molecular weight is 449 g/mol. The molecule has 1 aliphatic heterocycles. The summed E-state index contributed by atoms with van der Waals surface area (Å²) >= 11 is 2.89. The number of halogens is 3. The van der Waals surface area contributed by atoms with E-state index in [2.05, 4.69) is 0 Å². The van der Waals surface area contributed by atoms with Gasteiger partial charge in [0.2, 0.25) is 0 Å². The fraction of sp³-hybridized carbons (Fsp3) is 0.273. The van der Waals surface area contributed by atoms with Crippen molar-refractivity contribution in [3.63, 3.8) is 0 Å². The van der Waals surface area contributed by atoms with E-state index < -0.39 is 11.7 Å². The Kier molecular flexibility index (Phi) is 5.72. The van der Waals surface area contributed by atoms with Crippen LogP contribution in [0, 0.1) is 13.8 Å². The van der Waals surface area contributed by atoms with Gasteiger partial charge in [-0.25, -0.2) is 4.98 Å². The molecule has 30 heavy (non-hydrogen) atoms. The maximum atomic E-state index is 13.2. The van der Waals surface area contributed by atoms with Crippen LogP contribution in [-0.2, 0) is 18.3 Å². The van der Waals surface area contributed by atoms with Crippen LogP contribution in [0.2, 0.25) is 0 Å². The molecule has 2 heterocycles. The molecule has 0 amide bonds. The number of aryl methyl sites for hydroxylation is 3. The largest absolute Gasteiger partial charge is 0.416 e. The maximum absolute atomic E-state index is 13.2. The molecular weight excluding hydrogens is 429 g/mol. The highest BCUT2D eigenvalue weighted by Crippen LogP contribution is 2.33. The van der Waals surface area contributed by atoms with Gasteiger partial charge in [0, 0.05) is 17.9 Å². The van der Waals surface area contributed by atoms with E-state index in [9.17, 15) is 18.0 Å². The molecule has 0 fully saturated rings. The summed E-state index contributed by atoms with van der Waals surface area (Å²) in [6.45, 7) is 3.96. The summed E-state index contributed by atoms with van der Waals surface area (Å²) in [6, 6.07) is 11.0. The first-order valence-corrected chi connectivity index (χ1v) is 11.4. The quantitative estimate of drug-likeness (QED) is 0.373. The van der Waals surface area contributed by atoms with Crippen LogP contribution in [0.25, 0.3) is 5.69 Å². The zero-order valence-electron chi connectivity index (χ0n) is 16.4. The van der Waals surface area contributed by atoms with Crippen molar-refractivity contribution in [2.24, 2.45) is 0 Å². The summed E-state index contributed by atoms with van der Waals surface area (Å²) in [4.78, 5) is 18.7. The maximum Gasteiger partial charge on any atom is 0.416 e. The Hall–Kier alpha value is -2.19. The third-order valence-corrected chi connectivity index (χ3v) is 6.90. The molecule has 0 unspecified atom stereocenters. The number of nitrogens with zero attached hydrogens (tertiary/aromatic N) is 2. The van der Waals surface area contributed by atoms with Gasteiger partial charge in [-0.05, 0) is 54.8 Å². The molecule has 0 saturated carbocycles. The van der Waals surface area contributed by atoms with E-state index in [-0.39, 0.29) is 5.56 Å². The van der Waals surface area contributed by atoms with Gasteiger partial charge < -0.3 is 0 Å². The van der Waals surface area contributed by atoms with Crippen LogP contribution >= 0.6 is 23.5 Å². The van der Waals surface area contributed by atoms with E-state index in [4.69, 9.17) is 4.98 Å². The standard InChI is InChI=1S/C22H19F3N2OS2/c1-13-9-14(2)11-17(10-13)27-20(28)19-18(7-8-29-19)26-21(27)30-12-15-3-5-16(6-4-15)22(23,24)25/h3-6,9-11H,7-8,12H2,1-2H3. The van der Waals surface area contributed by atoms with Gasteiger partial charge in [0.1, 0.15) is 0 Å². The lowest BCUT2D eigenvalue weighted by atomic mass is 10.1. The Morgan fingerprint density at radius 3 is 2.40 bits per heavy atom. The first kappa shape index (κ1) is 21.1. The van der Waals surface area contributed by atoms with Crippen LogP contribution in [0.3, 0.4) is 0 Å². The Morgan fingerprint density at radius 2 is 1.77 bits per heavy atom. The summed E-state index contributed by atoms with van der Waals surface area (Å²) in [7, 11) is 0. The van der Waals surface area contributed by atoms with Crippen molar-refractivity contribution in [1.82, 2.24) is 9.55 Å². The molecule has 2 aromatic carbocycles. The molecule has 0 radical (unpaired) electrons. The van der Waals surface area contributed by atoms with Gasteiger partial charge in [-0.1, -0.05) is 30.0 Å². The van der Waals surface area contributed by atoms with Crippen LogP contribution in [-0.4, -0.2) is 15.3 Å². The third kappa shape index (κ3) is 4.30. The summed E-state index contributed by atoms with van der Waals surface area (Å²) < 4.78 is 40.0. The predicted octanol–water partition coefficient (Wildman–Crippen LogP) is 5.81. The minimum absolute atomic E-state index is 0.0811. The summed E-state index contributed by atoms with van der Waals surface area (Å²) in [5.41, 5.74) is 3.64. The molecule has 8 heteroatoms. The molecule has 1 aromatic heterocycles. The number of hydrogen-bond acceptors (Lipinski definition) is 4. The number of alkyl halides is 3. The van der Waals surface area contributed by atoms with Gasteiger partial charge in [-0.15, -0.1) is 11.8 Å². The van der Waals surface area contributed by atoms with Crippen molar-refractivity contribution in [1.29, 1.82) is 0 Å². The molecule has 0 N–H and O–H groups in total. The smallest absolute Gasteiger partial charge is 0.268 e. The highest BCUT2D eigenvalue weighted by atomic mass is 32.2. The van der Waals surface area contributed by atoms with Crippen LogP contribution in [0.4, 0.5) is 13.2 Å². The molecule has 0 saturated heterocycles. The average Bonchev–Trinajstić information content (AvgIpc) is 3.14. The van der Waals surface area contributed by atoms with Gasteiger partial charge in [-0.3, -0.25) is 9.36 Å². The van der Waals surface area contributed by atoms with E-state index in [0.717, 1.165) is 52.4 Å². The van der Waals surface area contributed by atoms with E-state index in [1.54, 1.807) is 4.57 Å². The lowest BCUT2D eigenvalue weighted by Crippen LogP contribution is -2.24. The molecule has 1 aliphatic rings. The van der Waals surface area contributed by atoms with Gasteiger partial charge in [-0.2, -0.15) is 13.2 Å². The second-order valence-corrected chi connectivity index (χ2v) is 9.29. The first-order valence-electron chi connectivity index (χ1n) is 9.39. The second kappa shape index (κ2) is 8.15. The number of thioether (sulfide) groups is 2. The molecular formula is C22H19F3N2OS2. The van der Waals surface area contributed by atoms with Gasteiger partial charge in [0.25, 0.3) is 5.56 Å².